The average Bonchev–Trinajstić information content (AvgIpc) is 2.82. The molecule has 0 fully saturated rings. The van der Waals surface area contributed by atoms with Crippen molar-refractivity contribution in [1.82, 2.24) is 5.32 Å². The Morgan fingerprint density at radius 2 is 2.17 bits per heavy atom. The number of furan rings is 1. The van der Waals surface area contributed by atoms with E-state index >= 15 is 0 Å². The molecule has 94 valence electrons. The maximum absolute atomic E-state index is 11.6. The number of benzene rings is 1. The number of nitrogens with one attached hydrogen (secondary N) is 2. The number of hydrogen-bond donors (Lipinski definition) is 3. The number of amides is 2. The number of nitrogens with two attached hydrogens (primary N) is 1. The van der Waals surface area contributed by atoms with Crippen molar-refractivity contribution in [2.24, 2.45) is 0 Å². The third kappa shape index (κ3) is 3.55. The van der Waals surface area contributed by atoms with Gasteiger partial charge in [-0.1, -0.05) is 6.07 Å². The number of carbonyl (C=O) groups excluding carboxylic acids is 1. The second-order valence-electron chi connectivity index (χ2n) is 3.84. The average molecular weight is 245 g/mol. The molecule has 0 aliphatic heterocycles. The van der Waals surface area contributed by atoms with Gasteiger partial charge in [-0.2, -0.15) is 0 Å². The van der Waals surface area contributed by atoms with Gasteiger partial charge in [0.2, 0.25) is 0 Å². The first-order valence-corrected chi connectivity index (χ1v) is 5.67. The highest BCUT2D eigenvalue weighted by atomic mass is 16.3. The summed E-state index contributed by atoms with van der Waals surface area (Å²) >= 11 is 0. The summed E-state index contributed by atoms with van der Waals surface area (Å²) in [6.45, 7) is 0.516. The SMILES string of the molecule is Nc1cccc(NC(=O)NCCc2ccco2)c1. The minimum atomic E-state index is -0.257. The molecule has 0 aliphatic rings. The van der Waals surface area contributed by atoms with E-state index in [0.29, 0.717) is 24.3 Å². The molecule has 0 saturated heterocycles. The molecule has 2 amide bonds. The summed E-state index contributed by atoms with van der Waals surface area (Å²) in [5, 5.41) is 5.44. The smallest absolute Gasteiger partial charge is 0.319 e. The Bertz CT molecular complexity index is 509. The molecular formula is C13H15N3O2. The number of urea groups is 1. The molecule has 2 rings (SSSR count). The van der Waals surface area contributed by atoms with E-state index < -0.39 is 0 Å². The number of anilines is 2. The number of carbonyl (C=O) groups is 1. The van der Waals surface area contributed by atoms with Crippen LogP contribution in [-0.4, -0.2) is 12.6 Å². The summed E-state index contributed by atoms with van der Waals surface area (Å²) in [5.41, 5.74) is 6.90. The Hall–Kier alpha value is -2.43. The van der Waals surface area contributed by atoms with Gasteiger partial charge in [-0.25, -0.2) is 4.79 Å². The summed E-state index contributed by atoms with van der Waals surface area (Å²) < 4.78 is 5.16. The monoisotopic (exact) mass is 245 g/mol. The van der Waals surface area contributed by atoms with Gasteiger partial charge in [0.25, 0.3) is 0 Å². The zero-order valence-electron chi connectivity index (χ0n) is 9.85. The van der Waals surface area contributed by atoms with Gasteiger partial charge in [0.1, 0.15) is 5.76 Å². The number of hydrogen-bond acceptors (Lipinski definition) is 3. The Balaban J connectivity index is 1.75. The van der Waals surface area contributed by atoms with Crippen LogP contribution in [0.4, 0.5) is 16.2 Å². The van der Waals surface area contributed by atoms with Crippen molar-refractivity contribution in [2.45, 2.75) is 6.42 Å². The molecule has 0 spiro atoms. The van der Waals surface area contributed by atoms with Crippen molar-refractivity contribution < 1.29 is 9.21 Å². The molecule has 1 aromatic carbocycles. The fraction of sp³-hybridized carbons (Fsp3) is 0.154. The van der Waals surface area contributed by atoms with Gasteiger partial charge in [0.05, 0.1) is 6.26 Å². The van der Waals surface area contributed by atoms with Crippen LogP contribution in [0.2, 0.25) is 0 Å². The topological polar surface area (TPSA) is 80.3 Å². The van der Waals surface area contributed by atoms with Crippen molar-refractivity contribution in [2.75, 3.05) is 17.6 Å². The third-order valence-electron chi connectivity index (χ3n) is 2.38. The van der Waals surface area contributed by atoms with Gasteiger partial charge in [-0.05, 0) is 30.3 Å². The van der Waals surface area contributed by atoms with Gasteiger partial charge in [0.15, 0.2) is 0 Å². The van der Waals surface area contributed by atoms with Gasteiger partial charge in [-0.15, -0.1) is 0 Å². The van der Waals surface area contributed by atoms with Crippen LogP contribution in [0.3, 0.4) is 0 Å². The Morgan fingerprint density at radius 3 is 2.89 bits per heavy atom. The highest BCUT2D eigenvalue weighted by molar-refractivity contribution is 5.89. The van der Waals surface area contributed by atoms with Crippen molar-refractivity contribution in [1.29, 1.82) is 0 Å². The lowest BCUT2D eigenvalue weighted by Gasteiger charge is -2.07. The van der Waals surface area contributed by atoms with Crippen molar-refractivity contribution in [3.8, 4) is 0 Å². The molecule has 0 radical (unpaired) electrons. The zero-order valence-corrected chi connectivity index (χ0v) is 9.85. The van der Waals surface area contributed by atoms with Gasteiger partial charge < -0.3 is 20.8 Å². The van der Waals surface area contributed by atoms with Crippen LogP contribution in [0.1, 0.15) is 5.76 Å². The number of nitrogen functional groups attached to an aromatic ring is 1. The van der Waals surface area contributed by atoms with Crippen LogP contribution in [-0.2, 0) is 6.42 Å². The molecule has 0 aliphatic carbocycles. The minimum Gasteiger partial charge on any atom is -0.469 e. The van der Waals surface area contributed by atoms with Gasteiger partial charge in [-0.3, -0.25) is 0 Å². The summed E-state index contributed by atoms with van der Waals surface area (Å²) in [4.78, 5) is 11.6. The summed E-state index contributed by atoms with van der Waals surface area (Å²) in [7, 11) is 0. The highest BCUT2D eigenvalue weighted by Crippen LogP contribution is 2.11. The Labute approximate surface area is 105 Å². The first kappa shape index (κ1) is 12.0. The van der Waals surface area contributed by atoms with E-state index in [-0.39, 0.29) is 6.03 Å². The van der Waals surface area contributed by atoms with Crippen molar-refractivity contribution in [3.63, 3.8) is 0 Å². The second-order valence-corrected chi connectivity index (χ2v) is 3.84. The fourth-order valence-corrected chi connectivity index (χ4v) is 1.55. The molecule has 1 heterocycles. The van der Waals surface area contributed by atoms with Crippen LogP contribution in [0.15, 0.2) is 47.1 Å². The molecule has 0 unspecified atom stereocenters. The standard InChI is InChI=1S/C13H15N3O2/c14-10-3-1-4-11(9-10)16-13(17)15-7-6-12-5-2-8-18-12/h1-5,8-9H,6-7,14H2,(H2,15,16,17). The highest BCUT2D eigenvalue weighted by Gasteiger charge is 2.02. The van der Waals surface area contributed by atoms with Crippen LogP contribution in [0, 0.1) is 0 Å². The van der Waals surface area contributed by atoms with Crippen molar-refractivity contribution in [3.05, 3.63) is 48.4 Å². The van der Waals surface area contributed by atoms with Crippen LogP contribution in [0.5, 0.6) is 0 Å². The maximum Gasteiger partial charge on any atom is 0.319 e. The summed E-state index contributed by atoms with van der Waals surface area (Å²) in [6.07, 6.45) is 2.28. The molecular weight excluding hydrogens is 230 g/mol. The Kier molecular flexibility index (Phi) is 3.86. The summed E-state index contributed by atoms with van der Waals surface area (Å²) in [5.74, 6) is 0.847. The summed E-state index contributed by atoms with van der Waals surface area (Å²) in [6, 6.07) is 10.5. The first-order chi connectivity index (χ1) is 8.74. The normalized spacial score (nSPS) is 10.0. The molecule has 2 aromatic rings. The van der Waals surface area contributed by atoms with E-state index in [9.17, 15) is 4.79 Å². The lowest BCUT2D eigenvalue weighted by atomic mass is 10.3. The van der Waals surface area contributed by atoms with Crippen LogP contribution >= 0.6 is 0 Å². The lowest BCUT2D eigenvalue weighted by molar-refractivity contribution is 0.252. The molecule has 0 atom stereocenters. The fourth-order valence-electron chi connectivity index (χ4n) is 1.55. The van der Waals surface area contributed by atoms with Crippen LogP contribution < -0.4 is 16.4 Å². The van der Waals surface area contributed by atoms with E-state index in [1.165, 1.54) is 0 Å². The predicted octanol–water partition coefficient (Wildman–Crippen LogP) is 2.23. The van der Waals surface area contributed by atoms with E-state index in [2.05, 4.69) is 10.6 Å². The van der Waals surface area contributed by atoms with E-state index in [4.69, 9.17) is 10.2 Å². The number of rotatable bonds is 4. The van der Waals surface area contributed by atoms with E-state index in [1.54, 1.807) is 30.5 Å². The molecule has 0 saturated carbocycles. The second kappa shape index (κ2) is 5.77. The molecule has 4 N–H and O–H groups in total. The van der Waals surface area contributed by atoms with Gasteiger partial charge in [0, 0.05) is 24.3 Å². The lowest BCUT2D eigenvalue weighted by Crippen LogP contribution is -2.30. The molecule has 0 bridgehead atoms. The largest absolute Gasteiger partial charge is 0.469 e. The van der Waals surface area contributed by atoms with Crippen LogP contribution in [0.25, 0.3) is 0 Å². The predicted molar refractivity (Wildman–Crippen MR) is 70.3 cm³/mol. The van der Waals surface area contributed by atoms with Crippen molar-refractivity contribution >= 4 is 17.4 Å². The third-order valence-corrected chi connectivity index (χ3v) is 2.38. The van der Waals surface area contributed by atoms with E-state index in [1.807, 2.05) is 12.1 Å². The molecule has 18 heavy (non-hydrogen) atoms. The first-order valence-electron chi connectivity index (χ1n) is 5.67. The van der Waals surface area contributed by atoms with Gasteiger partial charge >= 0.3 is 6.03 Å². The maximum atomic E-state index is 11.6. The minimum absolute atomic E-state index is 0.257. The Morgan fingerprint density at radius 1 is 1.28 bits per heavy atom. The molecule has 5 heteroatoms. The zero-order chi connectivity index (χ0) is 12.8. The molecule has 1 aromatic heterocycles. The van der Waals surface area contributed by atoms with E-state index in [0.717, 1.165) is 5.76 Å². The molecule has 5 nitrogen and oxygen atoms in total. The quantitative estimate of drug-likeness (QED) is 0.722.